The standard InChI is InChI=1S/C16H24N2O3S/c1-12(2)15(14-7-5-13(3)6-8-14)11-16(19)18-9-10-22(20,21)17-4/h5-8,11-12,17H,9-10H2,1-4H3,(H,18,19)/b15-11+. The van der Waals surface area contributed by atoms with Crippen molar-refractivity contribution < 1.29 is 13.2 Å². The Morgan fingerprint density at radius 3 is 2.32 bits per heavy atom. The number of carbonyl (C=O) groups excluding carboxylic acids is 1. The maximum atomic E-state index is 12.0. The first-order valence-corrected chi connectivity index (χ1v) is 8.88. The van der Waals surface area contributed by atoms with E-state index in [1.807, 2.05) is 45.0 Å². The summed E-state index contributed by atoms with van der Waals surface area (Å²) in [5.41, 5.74) is 3.08. The summed E-state index contributed by atoms with van der Waals surface area (Å²) < 4.78 is 24.8. The van der Waals surface area contributed by atoms with Crippen molar-refractivity contribution in [2.75, 3.05) is 19.3 Å². The van der Waals surface area contributed by atoms with Crippen molar-refractivity contribution in [1.29, 1.82) is 0 Å². The summed E-state index contributed by atoms with van der Waals surface area (Å²) in [6, 6.07) is 7.98. The first-order valence-electron chi connectivity index (χ1n) is 7.23. The van der Waals surface area contributed by atoms with Gasteiger partial charge in [-0.2, -0.15) is 0 Å². The molecule has 0 aliphatic carbocycles. The molecule has 0 heterocycles. The Hall–Kier alpha value is -1.66. The third-order valence-electron chi connectivity index (χ3n) is 3.27. The number of hydrogen-bond donors (Lipinski definition) is 2. The maximum absolute atomic E-state index is 12.0. The van der Waals surface area contributed by atoms with Crippen LogP contribution in [0.5, 0.6) is 0 Å². The highest BCUT2D eigenvalue weighted by Gasteiger charge is 2.10. The number of hydrogen-bond acceptors (Lipinski definition) is 3. The second kappa shape index (κ2) is 8.10. The molecule has 1 aromatic rings. The van der Waals surface area contributed by atoms with Crippen molar-refractivity contribution in [1.82, 2.24) is 10.0 Å². The minimum absolute atomic E-state index is 0.0811. The lowest BCUT2D eigenvalue weighted by molar-refractivity contribution is -0.116. The number of allylic oxidation sites excluding steroid dienone is 1. The molecular formula is C16H24N2O3S. The van der Waals surface area contributed by atoms with E-state index in [4.69, 9.17) is 0 Å². The van der Waals surface area contributed by atoms with Gasteiger partial charge < -0.3 is 5.32 Å². The van der Waals surface area contributed by atoms with Crippen LogP contribution in [-0.2, 0) is 14.8 Å². The molecule has 0 atom stereocenters. The first-order chi connectivity index (χ1) is 10.2. The van der Waals surface area contributed by atoms with E-state index in [-0.39, 0.29) is 24.1 Å². The Kier molecular flexibility index (Phi) is 6.77. The van der Waals surface area contributed by atoms with Gasteiger partial charge in [0, 0.05) is 12.6 Å². The van der Waals surface area contributed by atoms with Crippen LogP contribution in [0.2, 0.25) is 0 Å². The van der Waals surface area contributed by atoms with Crippen LogP contribution in [0.1, 0.15) is 25.0 Å². The molecule has 1 amide bonds. The summed E-state index contributed by atoms with van der Waals surface area (Å²) in [5.74, 6) is -0.227. The second-order valence-electron chi connectivity index (χ2n) is 5.43. The molecule has 0 radical (unpaired) electrons. The summed E-state index contributed by atoms with van der Waals surface area (Å²) in [6.07, 6.45) is 1.54. The zero-order chi connectivity index (χ0) is 16.8. The Balaban J connectivity index is 2.77. The average molecular weight is 324 g/mol. The molecule has 5 nitrogen and oxygen atoms in total. The van der Waals surface area contributed by atoms with Crippen molar-refractivity contribution in [3.63, 3.8) is 0 Å². The number of rotatable bonds is 7. The van der Waals surface area contributed by atoms with Crippen molar-refractivity contribution in [2.45, 2.75) is 20.8 Å². The molecule has 0 aliphatic heterocycles. The molecule has 0 bridgehead atoms. The lowest BCUT2D eigenvalue weighted by Crippen LogP contribution is -2.32. The summed E-state index contributed by atoms with van der Waals surface area (Å²) in [7, 11) is -1.95. The predicted octanol–water partition coefficient (Wildman–Crippen LogP) is 1.70. The van der Waals surface area contributed by atoms with Crippen LogP contribution in [0.25, 0.3) is 5.57 Å². The van der Waals surface area contributed by atoms with Gasteiger partial charge in [0.25, 0.3) is 0 Å². The maximum Gasteiger partial charge on any atom is 0.244 e. The molecule has 0 fully saturated rings. The van der Waals surface area contributed by atoms with E-state index in [0.717, 1.165) is 16.7 Å². The van der Waals surface area contributed by atoms with Crippen LogP contribution in [0.3, 0.4) is 0 Å². The fraction of sp³-hybridized carbons (Fsp3) is 0.438. The minimum atomic E-state index is -3.30. The van der Waals surface area contributed by atoms with Crippen LogP contribution in [0, 0.1) is 12.8 Å². The van der Waals surface area contributed by atoms with Crippen LogP contribution in [-0.4, -0.2) is 33.7 Å². The van der Waals surface area contributed by atoms with Gasteiger partial charge in [-0.1, -0.05) is 43.7 Å². The average Bonchev–Trinajstić information content (AvgIpc) is 2.45. The Morgan fingerprint density at radius 2 is 1.82 bits per heavy atom. The molecule has 122 valence electrons. The molecule has 0 saturated carbocycles. The van der Waals surface area contributed by atoms with Crippen molar-refractivity contribution in [3.8, 4) is 0 Å². The number of benzene rings is 1. The molecule has 0 spiro atoms. The number of amides is 1. The number of aryl methyl sites for hydroxylation is 1. The summed E-state index contributed by atoms with van der Waals surface area (Å²) >= 11 is 0. The molecule has 2 N–H and O–H groups in total. The second-order valence-corrected chi connectivity index (χ2v) is 7.48. The topological polar surface area (TPSA) is 75.3 Å². The predicted molar refractivity (Wildman–Crippen MR) is 89.9 cm³/mol. The monoisotopic (exact) mass is 324 g/mol. The van der Waals surface area contributed by atoms with E-state index in [9.17, 15) is 13.2 Å². The van der Waals surface area contributed by atoms with Crippen LogP contribution < -0.4 is 10.0 Å². The van der Waals surface area contributed by atoms with Crippen LogP contribution in [0.15, 0.2) is 30.3 Å². The van der Waals surface area contributed by atoms with E-state index >= 15 is 0 Å². The lowest BCUT2D eigenvalue weighted by Gasteiger charge is -2.12. The molecular weight excluding hydrogens is 300 g/mol. The first kappa shape index (κ1) is 18.4. The highest BCUT2D eigenvalue weighted by atomic mass is 32.2. The summed E-state index contributed by atoms with van der Waals surface area (Å²) in [5, 5.41) is 2.61. The zero-order valence-corrected chi connectivity index (χ0v) is 14.3. The number of nitrogens with one attached hydrogen (secondary N) is 2. The van der Waals surface area contributed by atoms with E-state index in [1.165, 1.54) is 7.05 Å². The zero-order valence-electron chi connectivity index (χ0n) is 13.5. The van der Waals surface area contributed by atoms with Gasteiger partial charge in [0.15, 0.2) is 0 Å². The lowest BCUT2D eigenvalue weighted by atomic mass is 9.94. The molecule has 1 rings (SSSR count). The Bertz CT molecular complexity index is 632. The molecule has 0 unspecified atom stereocenters. The van der Waals surface area contributed by atoms with Gasteiger partial charge in [-0.3, -0.25) is 4.79 Å². The number of sulfonamides is 1. The third-order valence-corrected chi connectivity index (χ3v) is 4.64. The molecule has 22 heavy (non-hydrogen) atoms. The molecule has 0 saturated heterocycles. The number of carbonyl (C=O) groups is 1. The van der Waals surface area contributed by atoms with Gasteiger partial charge >= 0.3 is 0 Å². The fourth-order valence-electron chi connectivity index (χ4n) is 1.93. The van der Waals surface area contributed by atoms with E-state index in [1.54, 1.807) is 6.08 Å². The highest BCUT2D eigenvalue weighted by molar-refractivity contribution is 7.89. The van der Waals surface area contributed by atoms with Gasteiger partial charge in [-0.15, -0.1) is 0 Å². The van der Waals surface area contributed by atoms with Crippen LogP contribution in [0.4, 0.5) is 0 Å². The van der Waals surface area contributed by atoms with Crippen molar-refractivity contribution in [3.05, 3.63) is 41.5 Å². The Labute approximate surface area is 132 Å². The van der Waals surface area contributed by atoms with Crippen molar-refractivity contribution >= 4 is 21.5 Å². The van der Waals surface area contributed by atoms with Crippen LogP contribution >= 0.6 is 0 Å². The van der Waals surface area contributed by atoms with E-state index in [0.29, 0.717) is 0 Å². The fourth-order valence-corrected chi connectivity index (χ4v) is 2.51. The van der Waals surface area contributed by atoms with Gasteiger partial charge in [-0.05, 0) is 31.0 Å². The molecule has 0 aliphatic rings. The molecule has 0 aromatic heterocycles. The van der Waals surface area contributed by atoms with Gasteiger partial charge in [0.2, 0.25) is 15.9 Å². The van der Waals surface area contributed by atoms with E-state index in [2.05, 4.69) is 10.0 Å². The normalized spacial score (nSPS) is 12.5. The largest absolute Gasteiger partial charge is 0.351 e. The third kappa shape index (κ3) is 5.99. The molecule has 6 heteroatoms. The van der Waals surface area contributed by atoms with E-state index < -0.39 is 10.0 Å². The SMILES string of the molecule is CNS(=O)(=O)CCNC(=O)/C=C(/c1ccc(C)cc1)C(C)C. The van der Waals surface area contributed by atoms with Gasteiger partial charge in [0.05, 0.1) is 5.75 Å². The summed E-state index contributed by atoms with van der Waals surface area (Å²) in [4.78, 5) is 12.0. The molecule has 1 aromatic carbocycles. The quantitative estimate of drug-likeness (QED) is 0.750. The smallest absolute Gasteiger partial charge is 0.244 e. The summed E-state index contributed by atoms with van der Waals surface area (Å²) in [6.45, 7) is 6.13. The van der Waals surface area contributed by atoms with Gasteiger partial charge in [-0.25, -0.2) is 13.1 Å². The highest BCUT2D eigenvalue weighted by Crippen LogP contribution is 2.23. The van der Waals surface area contributed by atoms with Gasteiger partial charge in [0.1, 0.15) is 0 Å². The minimum Gasteiger partial charge on any atom is -0.351 e. The Morgan fingerprint density at radius 1 is 1.23 bits per heavy atom. The van der Waals surface area contributed by atoms with Crippen molar-refractivity contribution in [2.24, 2.45) is 5.92 Å².